The van der Waals surface area contributed by atoms with Crippen LogP contribution in [0.25, 0.3) is 0 Å². The van der Waals surface area contributed by atoms with Gasteiger partial charge in [-0.15, -0.1) is 0 Å². The molecule has 0 aromatic rings. The summed E-state index contributed by atoms with van der Waals surface area (Å²) in [7, 11) is 0. The first-order valence-corrected chi connectivity index (χ1v) is 18.6. The number of rotatable bonds is 25. The largest absolute Gasteiger partial charge is 0.477 e. The molecule has 13 atom stereocenters. The van der Waals surface area contributed by atoms with Crippen LogP contribution in [0.5, 0.6) is 0 Å². The molecule has 17 heteroatoms. The molecule has 0 unspecified atom stereocenters. The number of carboxylic acid groups (broad SMARTS) is 1. The Bertz CT molecular complexity index is 1060. The van der Waals surface area contributed by atoms with Gasteiger partial charge in [0.25, 0.3) is 5.79 Å². The molecule has 0 radical (unpaired) electrons. The van der Waals surface area contributed by atoms with E-state index in [0.29, 0.717) is 0 Å². The van der Waals surface area contributed by atoms with Crippen molar-refractivity contribution in [1.29, 1.82) is 0 Å². The van der Waals surface area contributed by atoms with Crippen molar-refractivity contribution in [2.45, 2.75) is 176 Å². The number of hydrogen-bond donors (Lipinski definition) is 11. The topological polar surface area (TPSA) is 291 Å². The monoisotopic (exact) mass is 752 g/mol. The Labute approximate surface area is 305 Å². The number of aliphatic hydroxyl groups is 8. The van der Waals surface area contributed by atoms with E-state index in [2.05, 4.69) is 12.2 Å². The summed E-state index contributed by atoms with van der Waals surface area (Å²) < 4.78 is 22.2. The van der Waals surface area contributed by atoms with E-state index < -0.39 is 111 Å². The van der Waals surface area contributed by atoms with E-state index in [9.17, 15) is 55.5 Å². The highest BCUT2D eigenvalue weighted by atomic mass is 16.7. The summed E-state index contributed by atoms with van der Waals surface area (Å²) in [6, 6.07) is -2.38. The third kappa shape index (κ3) is 14.4. The number of carbonyl (C=O) groups excluding carboxylic acids is 1. The van der Waals surface area contributed by atoms with Crippen LogP contribution < -0.4 is 11.1 Å². The summed E-state index contributed by atoms with van der Waals surface area (Å²) in [5.74, 6) is -5.20. The fourth-order valence-corrected chi connectivity index (χ4v) is 6.30. The van der Waals surface area contributed by atoms with Gasteiger partial charge in [-0.1, -0.05) is 83.3 Å². The number of carbonyl (C=O) groups is 2. The molecular formula is C35H64N2O15. The molecule has 2 rings (SSSR count). The molecule has 52 heavy (non-hydrogen) atoms. The summed E-state index contributed by atoms with van der Waals surface area (Å²) in [6.07, 6.45) is -0.156. The molecule has 0 aliphatic carbocycles. The maximum Gasteiger partial charge on any atom is 0.364 e. The van der Waals surface area contributed by atoms with Crippen molar-refractivity contribution >= 4 is 11.9 Å². The van der Waals surface area contributed by atoms with E-state index in [1.165, 1.54) is 57.8 Å². The Kier molecular flexibility index (Phi) is 21.2. The first kappa shape index (κ1) is 46.3. The zero-order valence-corrected chi connectivity index (χ0v) is 30.4. The van der Waals surface area contributed by atoms with E-state index in [-0.39, 0.29) is 6.61 Å². The lowest BCUT2D eigenvalue weighted by Gasteiger charge is -2.47. The van der Waals surface area contributed by atoms with Gasteiger partial charge in [0.1, 0.15) is 42.7 Å². The lowest BCUT2D eigenvalue weighted by atomic mass is 9.88. The summed E-state index contributed by atoms with van der Waals surface area (Å²) in [4.78, 5) is 24.2. The molecule has 12 N–H and O–H groups in total. The van der Waals surface area contributed by atoms with Crippen LogP contribution in [0.2, 0.25) is 0 Å². The minimum Gasteiger partial charge on any atom is -0.477 e. The Balaban J connectivity index is 1.91. The first-order valence-electron chi connectivity index (χ1n) is 18.6. The van der Waals surface area contributed by atoms with Crippen LogP contribution in [0.1, 0.15) is 97.3 Å². The lowest BCUT2D eigenvalue weighted by Crippen LogP contribution is -2.68. The van der Waals surface area contributed by atoms with Crippen molar-refractivity contribution in [2.24, 2.45) is 5.73 Å². The number of hydrogen-bond acceptors (Lipinski definition) is 15. The van der Waals surface area contributed by atoms with Gasteiger partial charge in [-0.3, -0.25) is 4.79 Å². The van der Waals surface area contributed by atoms with Crippen molar-refractivity contribution in [2.75, 3.05) is 19.8 Å². The summed E-state index contributed by atoms with van der Waals surface area (Å²) in [6.45, 7) is 1.18. The number of nitrogens with one attached hydrogen (secondary N) is 1. The van der Waals surface area contributed by atoms with Crippen molar-refractivity contribution in [3.8, 4) is 0 Å². The molecule has 1 amide bonds. The van der Waals surface area contributed by atoms with E-state index in [1.54, 1.807) is 6.08 Å². The normalized spacial score (nSPS) is 32.0. The molecule has 2 fully saturated rings. The van der Waals surface area contributed by atoms with Gasteiger partial charge in [0, 0.05) is 13.3 Å². The van der Waals surface area contributed by atoms with E-state index in [0.717, 1.165) is 26.2 Å². The van der Waals surface area contributed by atoms with Crippen LogP contribution >= 0.6 is 0 Å². The fourth-order valence-electron chi connectivity index (χ4n) is 6.30. The highest BCUT2D eigenvalue weighted by molar-refractivity contribution is 5.76. The number of nitrogens with two attached hydrogens (primary N) is 1. The average molecular weight is 753 g/mol. The van der Waals surface area contributed by atoms with Crippen molar-refractivity contribution in [1.82, 2.24) is 5.32 Å². The van der Waals surface area contributed by atoms with Gasteiger partial charge >= 0.3 is 5.97 Å². The standard InChI is InChI=1S/C35H64N2O15/c1-3-4-5-6-7-8-9-10-11-12-13-14-15-16-23(40)22(36)19-49-33-31(46)30(45)29(44)26(51-33)20-50-35(34(47)48)17-24(41)27(37-21(2)39)32(52-35)28(43)25(42)18-38/h15-16,22-33,38,40-46H,3-14,17-20,36H2,1-2H3,(H,37,39)(H,47,48)/b16-15+/t22-,23+,24-,25+,26+,27+,28+,29-,30-,31+,32+,33+,35+/m0/s1. The van der Waals surface area contributed by atoms with Crippen LogP contribution in [-0.2, 0) is 28.5 Å². The summed E-state index contributed by atoms with van der Waals surface area (Å²) >= 11 is 0. The predicted octanol–water partition coefficient (Wildman–Crippen LogP) is -1.08. The molecular weight excluding hydrogens is 688 g/mol. The zero-order valence-electron chi connectivity index (χ0n) is 30.4. The Hall–Kier alpha value is -1.84. The number of allylic oxidation sites excluding steroid dienone is 1. The van der Waals surface area contributed by atoms with Gasteiger partial charge in [-0.2, -0.15) is 0 Å². The van der Waals surface area contributed by atoms with Gasteiger partial charge in [0.05, 0.1) is 44.1 Å². The molecule has 0 saturated carbocycles. The number of amides is 1. The second kappa shape index (κ2) is 23.8. The minimum absolute atomic E-state index is 0.340. The van der Waals surface area contributed by atoms with Crippen molar-refractivity contribution in [3.05, 3.63) is 12.2 Å². The van der Waals surface area contributed by atoms with Gasteiger partial charge in [0.2, 0.25) is 5.91 Å². The predicted molar refractivity (Wildman–Crippen MR) is 185 cm³/mol. The molecule has 304 valence electrons. The molecule has 0 spiro atoms. The number of carboxylic acids is 1. The van der Waals surface area contributed by atoms with Gasteiger partial charge in [-0.05, 0) is 12.8 Å². The van der Waals surface area contributed by atoms with Crippen molar-refractivity contribution in [3.63, 3.8) is 0 Å². The fraction of sp³-hybridized carbons (Fsp3) is 0.886. The third-order valence-electron chi connectivity index (χ3n) is 9.53. The van der Waals surface area contributed by atoms with E-state index >= 15 is 0 Å². The lowest BCUT2D eigenvalue weighted by molar-refractivity contribution is -0.339. The second-order valence-corrected chi connectivity index (χ2v) is 13.9. The van der Waals surface area contributed by atoms with E-state index in [4.69, 9.17) is 24.7 Å². The van der Waals surface area contributed by atoms with Crippen LogP contribution in [0.4, 0.5) is 0 Å². The molecule has 0 aromatic carbocycles. The Morgan fingerprint density at radius 1 is 0.942 bits per heavy atom. The van der Waals surface area contributed by atoms with Crippen LogP contribution in [-0.4, -0.2) is 157 Å². The highest BCUT2D eigenvalue weighted by Gasteiger charge is 2.56. The molecule has 2 saturated heterocycles. The molecule has 2 aliphatic rings. The van der Waals surface area contributed by atoms with Crippen molar-refractivity contribution < 1.29 is 74.5 Å². The van der Waals surface area contributed by atoms with Gasteiger partial charge < -0.3 is 76.0 Å². The SMILES string of the molecule is CCCCCCCCCCCCC/C=C/[C@@H](O)[C@@H](N)CO[C@@H]1O[C@H](CO[C@]2(C(=O)O)C[C@H](O)[C@@H](NC(C)=O)[C@H]([C@H](O)[C@H](O)CO)O2)[C@H](O)[C@H](O)[C@H]1O. The molecule has 0 aromatic heterocycles. The van der Waals surface area contributed by atoms with Gasteiger partial charge in [0.15, 0.2) is 6.29 Å². The van der Waals surface area contributed by atoms with Crippen LogP contribution in [0.3, 0.4) is 0 Å². The Morgan fingerprint density at radius 3 is 2.10 bits per heavy atom. The minimum atomic E-state index is -2.73. The summed E-state index contributed by atoms with van der Waals surface area (Å²) in [5.41, 5.74) is 6.07. The van der Waals surface area contributed by atoms with Crippen LogP contribution in [0, 0.1) is 0 Å². The average Bonchev–Trinajstić information content (AvgIpc) is 3.11. The quantitative estimate of drug-likeness (QED) is 0.0391. The molecule has 17 nitrogen and oxygen atoms in total. The van der Waals surface area contributed by atoms with Crippen LogP contribution in [0.15, 0.2) is 12.2 Å². The first-order chi connectivity index (χ1) is 24.7. The summed E-state index contributed by atoms with van der Waals surface area (Å²) in [5, 5.41) is 95.2. The maximum atomic E-state index is 12.4. The highest BCUT2D eigenvalue weighted by Crippen LogP contribution is 2.35. The number of aliphatic carboxylic acids is 1. The molecule has 0 bridgehead atoms. The number of ether oxygens (including phenoxy) is 4. The van der Waals surface area contributed by atoms with E-state index in [1.807, 2.05) is 6.08 Å². The number of unbranched alkanes of at least 4 members (excludes halogenated alkanes) is 11. The molecule has 2 aliphatic heterocycles. The van der Waals surface area contributed by atoms with Gasteiger partial charge in [-0.25, -0.2) is 4.79 Å². The second-order valence-electron chi connectivity index (χ2n) is 13.9. The smallest absolute Gasteiger partial charge is 0.364 e. The Morgan fingerprint density at radius 2 is 1.54 bits per heavy atom. The zero-order chi connectivity index (χ0) is 38.8. The maximum absolute atomic E-state index is 12.4. The molecule has 2 heterocycles. The number of aliphatic hydroxyl groups excluding tert-OH is 8. The third-order valence-corrected chi connectivity index (χ3v) is 9.53.